The first-order chi connectivity index (χ1) is 12.9. The Morgan fingerprint density at radius 1 is 0.923 bits per heavy atom. The van der Waals surface area contributed by atoms with Crippen molar-refractivity contribution in [2.45, 2.75) is 0 Å². The molecular formula is C18H16N6OS. The number of fused-ring (bicyclic) bond motifs is 1. The second-order valence-electron chi connectivity index (χ2n) is 6.06. The monoisotopic (exact) mass is 364 g/mol. The SMILES string of the molecule is c1coc(-c2ccc(N3CCN(c4ncnc5ccsc45)CC3)nn2)c1. The van der Waals surface area contributed by atoms with E-state index < -0.39 is 0 Å². The average Bonchev–Trinajstić information content (AvgIpc) is 3.40. The molecule has 0 amide bonds. The summed E-state index contributed by atoms with van der Waals surface area (Å²) in [7, 11) is 0. The summed E-state index contributed by atoms with van der Waals surface area (Å²) in [6, 6.07) is 9.73. The molecule has 5 heterocycles. The molecule has 0 aliphatic carbocycles. The molecule has 0 spiro atoms. The molecule has 0 N–H and O–H groups in total. The molecule has 4 aromatic rings. The normalized spacial score (nSPS) is 14.9. The zero-order chi connectivity index (χ0) is 17.3. The molecule has 1 aliphatic heterocycles. The van der Waals surface area contributed by atoms with E-state index in [1.165, 1.54) is 0 Å². The van der Waals surface area contributed by atoms with Crippen LogP contribution < -0.4 is 9.80 Å². The van der Waals surface area contributed by atoms with Crippen LogP contribution in [0.4, 0.5) is 11.6 Å². The first kappa shape index (κ1) is 15.3. The van der Waals surface area contributed by atoms with Crippen LogP contribution in [0.15, 0.2) is 52.7 Å². The van der Waals surface area contributed by atoms with Crippen LogP contribution in [0, 0.1) is 0 Å². The van der Waals surface area contributed by atoms with E-state index in [2.05, 4.69) is 35.3 Å². The fourth-order valence-electron chi connectivity index (χ4n) is 3.20. The fourth-order valence-corrected chi connectivity index (χ4v) is 4.06. The summed E-state index contributed by atoms with van der Waals surface area (Å²) in [5.74, 6) is 2.66. The number of rotatable bonds is 3. The van der Waals surface area contributed by atoms with Gasteiger partial charge in [0, 0.05) is 26.2 Å². The van der Waals surface area contributed by atoms with E-state index in [-0.39, 0.29) is 0 Å². The van der Waals surface area contributed by atoms with E-state index in [4.69, 9.17) is 4.42 Å². The number of piperazine rings is 1. The molecule has 0 aromatic carbocycles. The third-order valence-corrected chi connectivity index (χ3v) is 5.45. The summed E-state index contributed by atoms with van der Waals surface area (Å²) in [4.78, 5) is 13.4. The van der Waals surface area contributed by atoms with Crippen molar-refractivity contribution in [3.63, 3.8) is 0 Å². The van der Waals surface area contributed by atoms with Crippen molar-refractivity contribution < 1.29 is 4.42 Å². The summed E-state index contributed by atoms with van der Waals surface area (Å²) in [6.07, 6.45) is 3.29. The maximum Gasteiger partial charge on any atom is 0.154 e. The van der Waals surface area contributed by atoms with Crippen LogP contribution in [0.25, 0.3) is 21.7 Å². The quantitative estimate of drug-likeness (QED) is 0.553. The van der Waals surface area contributed by atoms with Crippen molar-refractivity contribution >= 4 is 33.2 Å². The fraction of sp³-hybridized carbons (Fsp3) is 0.222. The Bertz CT molecular complexity index is 1010. The third-order valence-electron chi connectivity index (χ3n) is 4.55. The van der Waals surface area contributed by atoms with Crippen molar-refractivity contribution in [3.05, 3.63) is 48.3 Å². The van der Waals surface area contributed by atoms with Gasteiger partial charge in [-0.3, -0.25) is 0 Å². The van der Waals surface area contributed by atoms with Gasteiger partial charge in [0.15, 0.2) is 11.6 Å². The molecule has 0 radical (unpaired) electrons. The summed E-state index contributed by atoms with van der Waals surface area (Å²) < 4.78 is 6.52. The minimum absolute atomic E-state index is 0.734. The summed E-state index contributed by atoms with van der Waals surface area (Å²) >= 11 is 1.69. The van der Waals surface area contributed by atoms with Crippen molar-refractivity contribution in [2.24, 2.45) is 0 Å². The largest absolute Gasteiger partial charge is 0.463 e. The van der Waals surface area contributed by atoms with Crippen LogP contribution in [0.5, 0.6) is 0 Å². The molecule has 4 aromatic heterocycles. The molecule has 130 valence electrons. The standard InChI is InChI=1S/C18H16N6OS/c1-2-15(25-10-1)13-3-4-16(22-21-13)23-6-8-24(9-7-23)18-17-14(5-11-26-17)19-12-20-18/h1-5,10-12H,6-9H2. The Hall–Kier alpha value is -3.00. The first-order valence-corrected chi connectivity index (χ1v) is 9.32. The van der Waals surface area contributed by atoms with Gasteiger partial charge in [-0.05, 0) is 35.7 Å². The van der Waals surface area contributed by atoms with Crippen molar-refractivity contribution in [1.82, 2.24) is 20.2 Å². The molecule has 0 unspecified atom stereocenters. The molecule has 5 rings (SSSR count). The number of thiophene rings is 1. The van der Waals surface area contributed by atoms with Gasteiger partial charge in [0.25, 0.3) is 0 Å². The van der Waals surface area contributed by atoms with E-state index in [1.54, 1.807) is 23.9 Å². The lowest BCUT2D eigenvalue weighted by Crippen LogP contribution is -2.47. The molecule has 7 nitrogen and oxygen atoms in total. The second kappa shape index (κ2) is 6.38. The first-order valence-electron chi connectivity index (χ1n) is 8.44. The van der Waals surface area contributed by atoms with Crippen LogP contribution in [0.1, 0.15) is 0 Å². The Balaban J connectivity index is 1.30. The van der Waals surface area contributed by atoms with E-state index >= 15 is 0 Å². The molecule has 0 saturated carbocycles. The van der Waals surface area contributed by atoms with Crippen LogP contribution in [-0.4, -0.2) is 46.3 Å². The minimum atomic E-state index is 0.734. The van der Waals surface area contributed by atoms with Crippen LogP contribution in [-0.2, 0) is 0 Å². The lowest BCUT2D eigenvalue weighted by atomic mass is 10.2. The van der Waals surface area contributed by atoms with Crippen LogP contribution >= 0.6 is 11.3 Å². The predicted molar refractivity (Wildman–Crippen MR) is 102 cm³/mol. The highest BCUT2D eigenvalue weighted by molar-refractivity contribution is 7.17. The van der Waals surface area contributed by atoms with Gasteiger partial charge in [-0.2, -0.15) is 0 Å². The van der Waals surface area contributed by atoms with Gasteiger partial charge < -0.3 is 14.2 Å². The summed E-state index contributed by atoms with van der Waals surface area (Å²) in [6.45, 7) is 3.55. The second-order valence-corrected chi connectivity index (χ2v) is 6.98. The van der Waals surface area contributed by atoms with E-state index in [9.17, 15) is 0 Å². The molecular weight excluding hydrogens is 348 g/mol. The number of hydrogen-bond donors (Lipinski definition) is 0. The van der Waals surface area contributed by atoms with E-state index in [0.717, 1.165) is 59.5 Å². The van der Waals surface area contributed by atoms with Gasteiger partial charge in [0.1, 0.15) is 17.8 Å². The lowest BCUT2D eigenvalue weighted by Gasteiger charge is -2.35. The molecule has 1 fully saturated rings. The van der Waals surface area contributed by atoms with Gasteiger partial charge in [-0.15, -0.1) is 21.5 Å². The highest BCUT2D eigenvalue weighted by atomic mass is 32.1. The minimum Gasteiger partial charge on any atom is -0.463 e. The number of nitrogens with zero attached hydrogens (tertiary/aromatic N) is 6. The lowest BCUT2D eigenvalue weighted by molar-refractivity contribution is 0.578. The zero-order valence-electron chi connectivity index (χ0n) is 13.9. The summed E-state index contributed by atoms with van der Waals surface area (Å²) in [5.41, 5.74) is 1.76. The number of hydrogen-bond acceptors (Lipinski definition) is 8. The Kier molecular flexibility index (Phi) is 3.75. The Morgan fingerprint density at radius 3 is 2.58 bits per heavy atom. The van der Waals surface area contributed by atoms with E-state index in [1.807, 2.05) is 30.3 Å². The number of aromatic nitrogens is 4. The molecule has 26 heavy (non-hydrogen) atoms. The number of anilines is 2. The third kappa shape index (κ3) is 2.68. The smallest absolute Gasteiger partial charge is 0.154 e. The maximum absolute atomic E-state index is 5.36. The van der Waals surface area contributed by atoms with Gasteiger partial charge in [0.05, 0.1) is 16.5 Å². The molecule has 1 saturated heterocycles. The van der Waals surface area contributed by atoms with E-state index in [0.29, 0.717) is 0 Å². The molecule has 0 bridgehead atoms. The van der Waals surface area contributed by atoms with Gasteiger partial charge in [0.2, 0.25) is 0 Å². The zero-order valence-corrected chi connectivity index (χ0v) is 14.8. The Labute approximate surface area is 153 Å². The van der Waals surface area contributed by atoms with Crippen molar-refractivity contribution in [3.8, 4) is 11.5 Å². The highest BCUT2D eigenvalue weighted by Gasteiger charge is 2.21. The van der Waals surface area contributed by atoms with Crippen molar-refractivity contribution in [1.29, 1.82) is 0 Å². The maximum atomic E-state index is 5.36. The van der Waals surface area contributed by atoms with Crippen molar-refractivity contribution in [2.75, 3.05) is 36.0 Å². The average molecular weight is 364 g/mol. The topological polar surface area (TPSA) is 71.2 Å². The molecule has 0 atom stereocenters. The van der Waals surface area contributed by atoms with Gasteiger partial charge in [-0.25, -0.2) is 9.97 Å². The van der Waals surface area contributed by atoms with Gasteiger partial charge in [-0.1, -0.05) is 0 Å². The number of furan rings is 1. The molecule has 1 aliphatic rings. The predicted octanol–water partition coefficient (Wildman–Crippen LogP) is 3.07. The Morgan fingerprint density at radius 2 is 1.81 bits per heavy atom. The summed E-state index contributed by atoms with van der Waals surface area (Å²) in [5, 5.41) is 10.7. The highest BCUT2D eigenvalue weighted by Crippen LogP contribution is 2.29. The van der Waals surface area contributed by atoms with Crippen LogP contribution in [0.3, 0.4) is 0 Å². The van der Waals surface area contributed by atoms with Gasteiger partial charge >= 0.3 is 0 Å². The van der Waals surface area contributed by atoms with Crippen LogP contribution in [0.2, 0.25) is 0 Å². The molecule has 8 heteroatoms.